The molecule has 0 spiro atoms. The zero-order valence-corrected chi connectivity index (χ0v) is 12.6. The predicted octanol–water partition coefficient (Wildman–Crippen LogP) is 2.29. The van der Waals surface area contributed by atoms with Gasteiger partial charge in [0.1, 0.15) is 5.75 Å². The lowest BCUT2D eigenvalue weighted by Crippen LogP contribution is -2.45. The number of hydrogen-bond acceptors (Lipinski definition) is 4. The van der Waals surface area contributed by atoms with Crippen LogP contribution >= 0.6 is 0 Å². The lowest BCUT2D eigenvalue weighted by atomic mass is 9.78. The largest absolute Gasteiger partial charge is 0.497 e. The molecule has 1 aromatic carbocycles. The van der Waals surface area contributed by atoms with Crippen molar-refractivity contribution in [2.24, 2.45) is 5.92 Å². The molecule has 4 heteroatoms. The number of methoxy groups -OCH3 is 2. The van der Waals surface area contributed by atoms with Crippen LogP contribution in [0.15, 0.2) is 24.3 Å². The first-order chi connectivity index (χ1) is 9.56. The van der Waals surface area contributed by atoms with Crippen LogP contribution in [-0.2, 0) is 9.53 Å². The molecule has 2 rings (SSSR count). The highest BCUT2D eigenvalue weighted by Gasteiger charge is 2.37. The van der Waals surface area contributed by atoms with Gasteiger partial charge in [-0.15, -0.1) is 0 Å². The van der Waals surface area contributed by atoms with Crippen LogP contribution in [0, 0.1) is 5.92 Å². The van der Waals surface area contributed by atoms with Crippen molar-refractivity contribution in [3.05, 3.63) is 29.8 Å². The number of rotatable bonds is 3. The molecule has 1 aromatic rings. The van der Waals surface area contributed by atoms with Gasteiger partial charge in [-0.25, -0.2) is 0 Å². The molecule has 0 aliphatic carbocycles. The first kappa shape index (κ1) is 14.9. The van der Waals surface area contributed by atoms with Gasteiger partial charge < -0.3 is 14.4 Å². The van der Waals surface area contributed by atoms with Crippen LogP contribution in [0.4, 0.5) is 0 Å². The van der Waals surface area contributed by atoms with Gasteiger partial charge in [0.05, 0.1) is 20.1 Å². The van der Waals surface area contributed by atoms with Crippen molar-refractivity contribution in [1.29, 1.82) is 0 Å². The van der Waals surface area contributed by atoms with E-state index in [0.717, 1.165) is 18.7 Å². The fourth-order valence-electron chi connectivity index (χ4n) is 2.94. The number of piperidine rings is 1. The third kappa shape index (κ3) is 2.96. The summed E-state index contributed by atoms with van der Waals surface area (Å²) in [6.45, 7) is 2.94. The second-order valence-corrected chi connectivity index (χ2v) is 5.53. The summed E-state index contributed by atoms with van der Waals surface area (Å²) in [5.74, 6) is 0.822. The van der Waals surface area contributed by atoms with Crippen LogP contribution < -0.4 is 4.74 Å². The second kappa shape index (κ2) is 6.27. The molecule has 20 heavy (non-hydrogen) atoms. The smallest absolute Gasteiger partial charge is 0.310 e. The lowest BCUT2D eigenvalue weighted by molar-refractivity contribution is -0.148. The second-order valence-electron chi connectivity index (χ2n) is 5.53. The molecule has 0 radical (unpaired) electrons. The molecule has 0 aromatic heterocycles. The lowest BCUT2D eigenvalue weighted by Gasteiger charge is -2.40. The number of benzene rings is 1. The minimum absolute atomic E-state index is 0.102. The van der Waals surface area contributed by atoms with Crippen LogP contribution in [0.25, 0.3) is 0 Å². The first-order valence-electron chi connectivity index (χ1n) is 6.98. The molecule has 0 bridgehead atoms. The molecule has 1 saturated heterocycles. The molecule has 110 valence electrons. The molecule has 3 atom stereocenters. The van der Waals surface area contributed by atoms with E-state index in [1.54, 1.807) is 7.11 Å². The summed E-state index contributed by atoms with van der Waals surface area (Å²) in [5.41, 5.74) is 1.18. The minimum Gasteiger partial charge on any atom is -0.497 e. The minimum atomic E-state index is -0.121. The first-order valence-corrected chi connectivity index (χ1v) is 6.98. The highest BCUT2D eigenvalue weighted by Crippen LogP contribution is 2.36. The molecule has 4 nitrogen and oxygen atoms in total. The Morgan fingerprint density at radius 2 is 1.90 bits per heavy atom. The van der Waals surface area contributed by atoms with Crippen LogP contribution in [0.2, 0.25) is 0 Å². The molecule has 0 amide bonds. The summed E-state index contributed by atoms with van der Waals surface area (Å²) >= 11 is 0. The van der Waals surface area contributed by atoms with E-state index >= 15 is 0 Å². The molecule has 0 N–H and O–H groups in total. The molecule has 0 saturated carbocycles. The van der Waals surface area contributed by atoms with E-state index in [0.29, 0.717) is 6.04 Å². The number of likely N-dealkylation sites (tertiary alicyclic amines) is 1. The van der Waals surface area contributed by atoms with Gasteiger partial charge in [0, 0.05) is 12.6 Å². The van der Waals surface area contributed by atoms with Crippen molar-refractivity contribution in [1.82, 2.24) is 4.90 Å². The monoisotopic (exact) mass is 277 g/mol. The topological polar surface area (TPSA) is 38.8 Å². The highest BCUT2D eigenvalue weighted by atomic mass is 16.5. The number of carbonyl (C=O) groups excluding carboxylic acids is 1. The van der Waals surface area contributed by atoms with Gasteiger partial charge in [-0.05, 0) is 44.0 Å². The molecule has 1 heterocycles. The van der Waals surface area contributed by atoms with Crippen molar-refractivity contribution in [2.45, 2.75) is 25.3 Å². The van der Waals surface area contributed by atoms with E-state index in [-0.39, 0.29) is 17.8 Å². The molecular formula is C16H23NO3. The summed E-state index contributed by atoms with van der Waals surface area (Å²) in [7, 11) is 5.18. The van der Waals surface area contributed by atoms with Gasteiger partial charge in [0.25, 0.3) is 0 Å². The summed E-state index contributed by atoms with van der Waals surface area (Å²) in [6, 6.07) is 8.47. The van der Waals surface area contributed by atoms with E-state index in [1.807, 2.05) is 12.1 Å². The number of esters is 1. The van der Waals surface area contributed by atoms with Crippen molar-refractivity contribution >= 4 is 5.97 Å². The quantitative estimate of drug-likeness (QED) is 0.795. The molecule has 0 unspecified atom stereocenters. The Balaban J connectivity index is 2.26. The zero-order valence-electron chi connectivity index (χ0n) is 12.6. The Morgan fingerprint density at radius 3 is 2.45 bits per heavy atom. The summed E-state index contributed by atoms with van der Waals surface area (Å²) in [5, 5.41) is 0. The Labute approximate surface area is 120 Å². The average Bonchev–Trinajstić information content (AvgIpc) is 2.49. The maximum atomic E-state index is 12.1. The number of carbonyl (C=O) groups is 1. The molecule has 1 fully saturated rings. The Kier molecular flexibility index (Phi) is 4.65. The molecular weight excluding hydrogens is 254 g/mol. The Hall–Kier alpha value is -1.55. The van der Waals surface area contributed by atoms with E-state index in [4.69, 9.17) is 9.47 Å². The highest BCUT2D eigenvalue weighted by molar-refractivity contribution is 5.74. The van der Waals surface area contributed by atoms with Gasteiger partial charge in [-0.1, -0.05) is 12.1 Å². The van der Waals surface area contributed by atoms with Gasteiger partial charge in [0.2, 0.25) is 0 Å². The maximum Gasteiger partial charge on any atom is 0.310 e. The third-order valence-corrected chi connectivity index (χ3v) is 4.37. The average molecular weight is 277 g/mol. The van der Waals surface area contributed by atoms with E-state index in [1.165, 1.54) is 12.7 Å². The van der Waals surface area contributed by atoms with Crippen LogP contribution in [0.3, 0.4) is 0 Å². The number of ether oxygens (including phenoxy) is 2. The molecule has 1 aliphatic rings. The van der Waals surface area contributed by atoms with E-state index in [2.05, 4.69) is 31.0 Å². The van der Waals surface area contributed by atoms with Gasteiger partial charge >= 0.3 is 5.97 Å². The van der Waals surface area contributed by atoms with Crippen LogP contribution in [0.5, 0.6) is 5.75 Å². The summed E-state index contributed by atoms with van der Waals surface area (Å²) in [6.07, 6.45) is 0.961. The predicted molar refractivity (Wildman–Crippen MR) is 78.0 cm³/mol. The number of nitrogens with zero attached hydrogens (tertiary/aromatic N) is 1. The normalized spacial score (nSPS) is 27.1. The molecule has 1 aliphatic heterocycles. The zero-order chi connectivity index (χ0) is 14.7. The van der Waals surface area contributed by atoms with Gasteiger partial charge in [0.15, 0.2) is 0 Å². The number of hydrogen-bond donors (Lipinski definition) is 0. The van der Waals surface area contributed by atoms with Crippen LogP contribution in [0.1, 0.15) is 24.8 Å². The Bertz CT molecular complexity index is 457. The van der Waals surface area contributed by atoms with Crippen molar-refractivity contribution in [3.63, 3.8) is 0 Å². The summed E-state index contributed by atoms with van der Waals surface area (Å²) in [4.78, 5) is 14.3. The third-order valence-electron chi connectivity index (χ3n) is 4.37. The van der Waals surface area contributed by atoms with Crippen LogP contribution in [-0.4, -0.2) is 44.7 Å². The SMILES string of the molecule is COC(=O)[C@@H]1CN(C)[C@H](C)C[C@H]1c1ccc(OC)cc1. The van der Waals surface area contributed by atoms with Crippen molar-refractivity contribution in [3.8, 4) is 5.75 Å². The Morgan fingerprint density at radius 1 is 1.25 bits per heavy atom. The van der Waals surface area contributed by atoms with Gasteiger partial charge in [-0.2, -0.15) is 0 Å². The fourth-order valence-corrected chi connectivity index (χ4v) is 2.94. The van der Waals surface area contributed by atoms with E-state index < -0.39 is 0 Å². The summed E-state index contributed by atoms with van der Waals surface area (Å²) < 4.78 is 10.2. The maximum absolute atomic E-state index is 12.1. The van der Waals surface area contributed by atoms with Crippen molar-refractivity contribution < 1.29 is 14.3 Å². The standard InChI is InChI=1S/C16H23NO3/c1-11-9-14(12-5-7-13(19-3)8-6-12)15(10-17(11)2)16(18)20-4/h5-8,11,14-15H,9-10H2,1-4H3/t11-,14+,15-/m1/s1. The fraction of sp³-hybridized carbons (Fsp3) is 0.562. The van der Waals surface area contributed by atoms with E-state index in [9.17, 15) is 4.79 Å². The van der Waals surface area contributed by atoms with Crippen molar-refractivity contribution in [2.75, 3.05) is 27.8 Å². The van der Waals surface area contributed by atoms with Gasteiger partial charge in [-0.3, -0.25) is 4.79 Å².